The third kappa shape index (κ3) is 4.05. The largest absolute Gasteiger partial charge is 0.327 e. The van der Waals surface area contributed by atoms with Crippen LogP contribution in [-0.2, 0) is 11.3 Å². The van der Waals surface area contributed by atoms with Crippen LogP contribution in [0.25, 0.3) is 0 Å². The molecule has 2 atom stereocenters. The van der Waals surface area contributed by atoms with E-state index in [0.29, 0.717) is 29.2 Å². The third-order valence-corrected chi connectivity index (χ3v) is 6.18. The van der Waals surface area contributed by atoms with E-state index in [1.165, 1.54) is 15.9 Å². The summed E-state index contributed by atoms with van der Waals surface area (Å²) in [7, 11) is 0. The van der Waals surface area contributed by atoms with Crippen molar-refractivity contribution in [2.24, 2.45) is 0 Å². The normalized spacial score (nSPS) is 21.5. The summed E-state index contributed by atoms with van der Waals surface area (Å²) >= 11 is 12.0. The molecule has 3 heterocycles. The molecule has 0 radical (unpaired) electrons. The molecule has 156 valence electrons. The van der Waals surface area contributed by atoms with Crippen LogP contribution < -0.4 is 5.32 Å². The van der Waals surface area contributed by atoms with Crippen LogP contribution in [0.15, 0.2) is 42.6 Å². The highest BCUT2D eigenvalue weighted by Gasteiger charge is 2.47. The van der Waals surface area contributed by atoms with E-state index in [4.69, 9.17) is 23.2 Å². The summed E-state index contributed by atoms with van der Waals surface area (Å²) in [6.45, 7) is 0.597. The minimum Gasteiger partial charge on any atom is -0.311 e. The van der Waals surface area contributed by atoms with E-state index in [1.807, 2.05) is 0 Å². The van der Waals surface area contributed by atoms with Gasteiger partial charge in [0.1, 0.15) is 6.04 Å². The number of hydrogen-bond donors (Lipinski definition) is 1. The summed E-state index contributed by atoms with van der Waals surface area (Å²) in [5, 5.41) is 3.84. The topological polar surface area (TPSA) is 82.6 Å². The number of aromatic nitrogens is 1. The van der Waals surface area contributed by atoms with Crippen LogP contribution in [0.2, 0.25) is 10.0 Å². The summed E-state index contributed by atoms with van der Waals surface area (Å²) in [5.74, 6) is -0.549. The number of imide groups is 1. The highest BCUT2D eigenvalue weighted by Crippen LogP contribution is 2.27. The van der Waals surface area contributed by atoms with Gasteiger partial charge in [-0.25, -0.2) is 4.79 Å². The van der Waals surface area contributed by atoms with Crippen LogP contribution >= 0.6 is 23.2 Å². The first-order valence-electron chi connectivity index (χ1n) is 9.69. The molecule has 3 amide bonds. The zero-order valence-corrected chi connectivity index (χ0v) is 17.6. The number of piperidine rings is 1. The Kier molecular flexibility index (Phi) is 6.04. The Bertz CT molecular complexity index is 985. The molecular weight excluding hydrogens is 427 g/mol. The molecule has 0 saturated carbocycles. The Labute approximate surface area is 184 Å². The number of nitrogens with one attached hydrogen (secondary N) is 1. The SMILES string of the molecule is O=C(CN1C(=O)N(Cc2ccccn2)C(=O)C2NCCCC21)c1ccc(Cl)c(Cl)c1. The quantitative estimate of drug-likeness (QED) is 0.713. The number of pyridine rings is 1. The van der Waals surface area contributed by atoms with Crippen LogP contribution in [0.3, 0.4) is 0 Å². The molecule has 0 bridgehead atoms. The zero-order chi connectivity index (χ0) is 21.3. The van der Waals surface area contributed by atoms with Gasteiger partial charge in [-0.2, -0.15) is 0 Å². The predicted molar refractivity (Wildman–Crippen MR) is 112 cm³/mol. The van der Waals surface area contributed by atoms with Crippen LogP contribution in [0, 0.1) is 0 Å². The highest BCUT2D eigenvalue weighted by atomic mass is 35.5. The van der Waals surface area contributed by atoms with Gasteiger partial charge >= 0.3 is 6.03 Å². The molecule has 2 aromatic rings. The van der Waals surface area contributed by atoms with Crippen molar-refractivity contribution in [3.63, 3.8) is 0 Å². The molecule has 2 aliphatic heterocycles. The van der Waals surface area contributed by atoms with Crippen LogP contribution in [-0.4, -0.2) is 57.7 Å². The van der Waals surface area contributed by atoms with Crippen molar-refractivity contribution in [3.8, 4) is 0 Å². The van der Waals surface area contributed by atoms with Crippen molar-refractivity contribution in [2.75, 3.05) is 13.1 Å². The number of carbonyl (C=O) groups excluding carboxylic acids is 3. The Hall–Kier alpha value is -2.48. The fraction of sp³-hybridized carbons (Fsp3) is 0.333. The molecule has 30 heavy (non-hydrogen) atoms. The molecule has 2 aliphatic rings. The van der Waals surface area contributed by atoms with Crippen molar-refractivity contribution in [2.45, 2.75) is 31.5 Å². The summed E-state index contributed by atoms with van der Waals surface area (Å²) in [6.07, 6.45) is 3.09. The number of benzene rings is 1. The maximum absolute atomic E-state index is 13.3. The molecule has 2 unspecified atom stereocenters. The fourth-order valence-corrected chi connectivity index (χ4v) is 4.22. The number of carbonyl (C=O) groups is 3. The standard InChI is InChI=1S/C21H20Cl2N4O3/c22-15-7-6-13(10-16(15)23)18(28)12-26-17-5-3-9-25-19(17)20(29)27(21(26)30)11-14-4-1-2-8-24-14/h1-2,4,6-8,10,17,19,25H,3,5,9,11-12H2. The number of hydrogen-bond acceptors (Lipinski definition) is 5. The summed E-state index contributed by atoms with van der Waals surface area (Å²) in [6, 6.07) is 8.56. The zero-order valence-electron chi connectivity index (χ0n) is 16.1. The number of Topliss-reactive ketones (excluding diaryl/α,β-unsaturated/α-hetero) is 1. The molecule has 2 saturated heterocycles. The number of nitrogens with zero attached hydrogens (tertiary/aromatic N) is 3. The van der Waals surface area contributed by atoms with E-state index in [-0.39, 0.29) is 35.8 Å². The molecule has 0 spiro atoms. The third-order valence-electron chi connectivity index (χ3n) is 5.44. The Balaban J connectivity index is 1.60. The molecule has 7 nitrogen and oxygen atoms in total. The average Bonchev–Trinajstić information content (AvgIpc) is 2.76. The lowest BCUT2D eigenvalue weighted by molar-refractivity contribution is -0.137. The smallest absolute Gasteiger partial charge is 0.311 e. The van der Waals surface area contributed by atoms with E-state index in [0.717, 1.165) is 6.42 Å². The molecule has 4 rings (SSSR count). The first kappa shape index (κ1) is 20.8. The molecular formula is C21H20Cl2N4O3. The van der Waals surface area contributed by atoms with Gasteiger partial charge in [0.05, 0.1) is 34.9 Å². The summed E-state index contributed by atoms with van der Waals surface area (Å²) < 4.78 is 0. The number of amides is 3. The fourth-order valence-electron chi connectivity index (χ4n) is 3.92. The minimum atomic E-state index is -0.540. The second-order valence-electron chi connectivity index (χ2n) is 7.35. The van der Waals surface area contributed by atoms with Crippen LogP contribution in [0.1, 0.15) is 28.9 Å². The second kappa shape index (κ2) is 8.71. The molecule has 2 fully saturated rings. The number of urea groups is 1. The van der Waals surface area contributed by atoms with Crippen molar-refractivity contribution >= 4 is 40.9 Å². The number of rotatable bonds is 5. The Morgan fingerprint density at radius 1 is 1.17 bits per heavy atom. The van der Waals surface area contributed by atoms with Gasteiger partial charge in [0.25, 0.3) is 0 Å². The highest BCUT2D eigenvalue weighted by molar-refractivity contribution is 6.42. The van der Waals surface area contributed by atoms with E-state index >= 15 is 0 Å². The lowest BCUT2D eigenvalue weighted by atomic mass is 9.93. The molecule has 0 aliphatic carbocycles. The molecule has 1 aromatic carbocycles. The van der Waals surface area contributed by atoms with E-state index in [2.05, 4.69) is 10.3 Å². The summed E-state index contributed by atoms with van der Waals surface area (Å²) in [4.78, 5) is 46.1. The Morgan fingerprint density at radius 3 is 2.73 bits per heavy atom. The Morgan fingerprint density at radius 2 is 2.00 bits per heavy atom. The van der Waals surface area contributed by atoms with Gasteiger partial charge in [-0.3, -0.25) is 19.5 Å². The van der Waals surface area contributed by atoms with Gasteiger partial charge in [0.15, 0.2) is 5.78 Å². The van der Waals surface area contributed by atoms with Crippen molar-refractivity contribution in [1.29, 1.82) is 0 Å². The monoisotopic (exact) mass is 446 g/mol. The van der Waals surface area contributed by atoms with E-state index in [9.17, 15) is 14.4 Å². The average molecular weight is 447 g/mol. The first-order chi connectivity index (χ1) is 14.5. The lowest BCUT2D eigenvalue weighted by Gasteiger charge is -2.46. The van der Waals surface area contributed by atoms with Crippen molar-refractivity contribution in [3.05, 3.63) is 63.9 Å². The van der Waals surface area contributed by atoms with E-state index < -0.39 is 12.1 Å². The number of fused-ring (bicyclic) bond motifs is 1. The van der Waals surface area contributed by atoms with Gasteiger partial charge in [-0.1, -0.05) is 29.3 Å². The maximum atomic E-state index is 13.3. The molecule has 1 aromatic heterocycles. The maximum Gasteiger partial charge on any atom is 0.327 e. The van der Waals surface area contributed by atoms with Gasteiger partial charge in [0.2, 0.25) is 5.91 Å². The van der Waals surface area contributed by atoms with Crippen LogP contribution in [0.4, 0.5) is 4.79 Å². The van der Waals surface area contributed by atoms with Crippen molar-refractivity contribution < 1.29 is 14.4 Å². The lowest BCUT2D eigenvalue weighted by Crippen LogP contribution is -2.69. The van der Waals surface area contributed by atoms with Crippen LogP contribution in [0.5, 0.6) is 0 Å². The van der Waals surface area contributed by atoms with Gasteiger partial charge < -0.3 is 10.2 Å². The molecule has 9 heteroatoms. The van der Waals surface area contributed by atoms with E-state index in [1.54, 1.807) is 36.5 Å². The van der Waals surface area contributed by atoms with Crippen molar-refractivity contribution in [1.82, 2.24) is 20.1 Å². The predicted octanol–water partition coefficient (Wildman–Crippen LogP) is 3.16. The second-order valence-corrected chi connectivity index (χ2v) is 8.16. The van der Waals surface area contributed by atoms with Gasteiger partial charge in [-0.05, 0) is 49.7 Å². The van der Waals surface area contributed by atoms with Gasteiger partial charge in [0, 0.05) is 11.8 Å². The first-order valence-corrected chi connectivity index (χ1v) is 10.4. The molecule has 1 N–H and O–H groups in total. The number of halogens is 2. The number of ketones is 1. The van der Waals surface area contributed by atoms with Gasteiger partial charge in [-0.15, -0.1) is 0 Å². The minimum absolute atomic E-state index is 0.0564. The summed E-state index contributed by atoms with van der Waals surface area (Å²) in [5.41, 5.74) is 0.968.